The van der Waals surface area contributed by atoms with Gasteiger partial charge in [0.05, 0.1) is 0 Å². The van der Waals surface area contributed by atoms with E-state index in [4.69, 9.17) is 0 Å². The summed E-state index contributed by atoms with van der Waals surface area (Å²) in [4.78, 5) is 0. The SMILES string of the molecule is CCC1(C2(C)CC2)CCCC1. The summed E-state index contributed by atoms with van der Waals surface area (Å²) in [7, 11) is 0. The highest BCUT2D eigenvalue weighted by atomic mass is 14.6. The van der Waals surface area contributed by atoms with Gasteiger partial charge in [0.15, 0.2) is 0 Å². The lowest BCUT2D eigenvalue weighted by atomic mass is 9.70. The first-order chi connectivity index (χ1) is 5.22. The second-order valence-electron chi connectivity index (χ2n) is 4.90. The van der Waals surface area contributed by atoms with E-state index in [-0.39, 0.29) is 0 Å². The molecule has 0 bridgehead atoms. The second kappa shape index (κ2) is 2.24. The second-order valence-corrected chi connectivity index (χ2v) is 4.90. The molecule has 2 rings (SSSR count). The van der Waals surface area contributed by atoms with E-state index in [0.717, 1.165) is 10.8 Å². The Kier molecular flexibility index (Phi) is 1.56. The van der Waals surface area contributed by atoms with Crippen molar-refractivity contribution in [3.05, 3.63) is 0 Å². The van der Waals surface area contributed by atoms with Crippen LogP contribution in [-0.4, -0.2) is 0 Å². The zero-order valence-corrected chi connectivity index (χ0v) is 7.95. The molecule has 0 saturated heterocycles. The zero-order valence-electron chi connectivity index (χ0n) is 7.95. The van der Waals surface area contributed by atoms with E-state index in [9.17, 15) is 0 Å². The number of hydrogen-bond acceptors (Lipinski definition) is 0. The first-order valence-electron chi connectivity index (χ1n) is 5.22. The maximum atomic E-state index is 2.52. The molecule has 11 heavy (non-hydrogen) atoms. The number of rotatable bonds is 2. The molecule has 0 amide bonds. The maximum Gasteiger partial charge on any atom is -0.0246 e. The van der Waals surface area contributed by atoms with Gasteiger partial charge in [-0.15, -0.1) is 0 Å². The molecular formula is C11H20. The molecule has 0 heteroatoms. The van der Waals surface area contributed by atoms with Gasteiger partial charge in [-0.3, -0.25) is 0 Å². The first kappa shape index (κ1) is 7.64. The highest BCUT2D eigenvalue weighted by molar-refractivity contribution is 5.05. The minimum absolute atomic E-state index is 0.776. The van der Waals surface area contributed by atoms with Crippen molar-refractivity contribution in [2.24, 2.45) is 10.8 Å². The van der Waals surface area contributed by atoms with Crippen LogP contribution in [0, 0.1) is 10.8 Å². The van der Waals surface area contributed by atoms with E-state index in [1.54, 1.807) is 0 Å². The van der Waals surface area contributed by atoms with Crippen LogP contribution in [0.4, 0.5) is 0 Å². The topological polar surface area (TPSA) is 0 Å². The van der Waals surface area contributed by atoms with Gasteiger partial charge in [0.25, 0.3) is 0 Å². The van der Waals surface area contributed by atoms with Crippen molar-refractivity contribution in [1.82, 2.24) is 0 Å². The highest BCUT2D eigenvalue weighted by Gasteiger charge is 2.54. The molecule has 0 nitrogen and oxygen atoms in total. The van der Waals surface area contributed by atoms with Crippen LogP contribution in [0.2, 0.25) is 0 Å². The summed E-state index contributed by atoms with van der Waals surface area (Å²) in [5.41, 5.74) is 1.56. The Morgan fingerprint density at radius 3 is 1.91 bits per heavy atom. The van der Waals surface area contributed by atoms with E-state index in [1.807, 2.05) is 0 Å². The van der Waals surface area contributed by atoms with Gasteiger partial charge in [-0.05, 0) is 42.9 Å². The van der Waals surface area contributed by atoms with Gasteiger partial charge in [0, 0.05) is 0 Å². The molecular weight excluding hydrogens is 132 g/mol. The lowest BCUT2D eigenvalue weighted by Gasteiger charge is -2.35. The summed E-state index contributed by atoms with van der Waals surface area (Å²) in [6, 6.07) is 0. The van der Waals surface area contributed by atoms with Crippen LogP contribution in [0.25, 0.3) is 0 Å². The van der Waals surface area contributed by atoms with Crippen LogP contribution in [0.3, 0.4) is 0 Å². The Morgan fingerprint density at radius 2 is 1.55 bits per heavy atom. The molecule has 0 aromatic carbocycles. The first-order valence-corrected chi connectivity index (χ1v) is 5.22. The minimum atomic E-state index is 0.776. The third kappa shape index (κ3) is 0.947. The Hall–Kier alpha value is 0. The molecule has 0 aromatic heterocycles. The van der Waals surface area contributed by atoms with Crippen molar-refractivity contribution >= 4 is 0 Å². The summed E-state index contributed by atoms with van der Waals surface area (Å²) >= 11 is 0. The molecule has 0 spiro atoms. The van der Waals surface area contributed by atoms with E-state index in [2.05, 4.69) is 13.8 Å². The fourth-order valence-electron chi connectivity index (χ4n) is 3.15. The molecule has 2 fully saturated rings. The standard InChI is InChI=1S/C11H20/c1-3-11(6-4-5-7-11)10(2)8-9-10/h3-9H2,1-2H3. The van der Waals surface area contributed by atoms with Crippen molar-refractivity contribution in [2.45, 2.75) is 58.8 Å². The summed E-state index contributed by atoms with van der Waals surface area (Å²) in [5, 5.41) is 0. The van der Waals surface area contributed by atoms with Crippen LogP contribution in [0.1, 0.15) is 58.8 Å². The van der Waals surface area contributed by atoms with Crippen molar-refractivity contribution in [2.75, 3.05) is 0 Å². The predicted molar refractivity (Wildman–Crippen MR) is 48.5 cm³/mol. The van der Waals surface area contributed by atoms with Gasteiger partial charge in [0.1, 0.15) is 0 Å². The fourth-order valence-corrected chi connectivity index (χ4v) is 3.15. The molecule has 0 heterocycles. The third-order valence-electron chi connectivity index (χ3n) is 4.52. The lowest BCUT2D eigenvalue weighted by molar-refractivity contribution is 0.151. The van der Waals surface area contributed by atoms with Crippen LogP contribution in [0.5, 0.6) is 0 Å². The summed E-state index contributed by atoms with van der Waals surface area (Å²) in [6.07, 6.45) is 10.5. The van der Waals surface area contributed by atoms with Gasteiger partial charge in [0.2, 0.25) is 0 Å². The highest BCUT2D eigenvalue weighted by Crippen LogP contribution is 2.65. The van der Waals surface area contributed by atoms with E-state index < -0.39 is 0 Å². The van der Waals surface area contributed by atoms with E-state index >= 15 is 0 Å². The molecule has 0 aromatic rings. The smallest absolute Gasteiger partial charge is 0.0246 e. The quantitative estimate of drug-likeness (QED) is 0.565. The molecule has 0 atom stereocenters. The molecule has 0 aliphatic heterocycles. The van der Waals surface area contributed by atoms with Crippen LogP contribution >= 0.6 is 0 Å². The average Bonchev–Trinajstić information content (AvgIpc) is 2.62. The Labute approximate surface area is 70.4 Å². The average molecular weight is 152 g/mol. The third-order valence-corrected chi connectivity index (χ3v) is 4.52. The monoisotopic (exact) mass is 152 g/mol. The van der Waals surface area contributed by atoms with Crippen molar-refractivity contribution in [1.29, 1.82) is 0 Å². The fraction of sp³-hybridized carbons (Fsp3) is 1.00. The van der Waals surface area contributed by atoms with Gasteiger partial charge in [-0.2, -0.15) is 0 Å². The molecule has 2 aliphatic carbocycles. The minimum Gasteiger partial charge on any atom is -0.0648 e. The molecule has 0 unspecified atom stereocenters. The summed E-state index contributed by atoms with van der Waals surface area (Å²) in [6.45, 7) is 4.91. The Bertz CT molecular complexity index is 147. The van der Waals surface area contributed by atoms with Gasteiger partial charge in [-0.1, -0.05) is 26.7 Å². The summed E-state index contributed by atoms with van der Waals surface area (Å²) < 4.78 is 0. The largest absolute Gasteiger partial charge is 0.0648 e. The zero-order chi connectivity index (χ0) is 7.95. The lowest BCUT2D eigenvalue weighted by Crippen LogP contribution is -2.25. The maximum absolute atomic E-state index is 2.52. The van der Waals surface area contributed by atoms with E-state index in [0.29, 0.717) is 0 Å². The van der Waals surface area contributed by atoms with Crippen molar-refractivity contribution in [3.63, 3.8) is 0 Å². The Morgan fingerprint density at radius 1 is 1.00 bits per heavy atom. The van der Waals surface area contributed by atoms with Crippen molar-refractivity contribution in [3.8, 4) is 0 Å². The van der Waals surface area contributed by atoms with Gasteiger partial charge >= 0.3 is 0 Å². The van der Waals surface area contributed by atoms with Crippen LogP contribution < -0.4 is 0 Å². The number of hydrogen-bond donors (Lipinski definition) is 0. The van der Waals surface area contributed by atoms with Crippen LogP contribution in [-0.2, 0) is 0 Å². The molecule has 0 N–H and O–H groups in total. The summed E-state index contributed by atoms with van der Waals surface area (Å²) in [5.74, 6) is 0. The van der Waals surface area contributed by atoms with Crippen molar-refractivity contribution < 1.29 is 0 Å². The van der Waals surface area contributed by atoms with Gasteiger partial charge < -0.3 is 0 Å². The van der Waals surface area contributed by atoms with E-state index in [1.165, 1.54) is 44.9 Å². The van der Waals surface area contributed by atoms with Crippen LogP contribution in [0.15, 0.2) is 0 Å². The molecule has 0 radical (unpaired) electrons. The normalized spacial score (nSPS) is 32.2. The predicted octanol–water partition coefficient (Wildman–Crippen LogP) is 3.76. The Balaban J connectivity index is 2.15. The molecule has 2 aliphatic rings. The molecule has 64 valence electrons. The van der Waals surface area contributed by atoms with Gasteiger partial charge in [-0.25, -0.2) is 0 Å². The molecule has 2 saturated carbocycles.